The maximum atomic E-state index is 12.2. The van der Waals surface area contributed by atoms with Gasteiger partial charge in [-0.3, -0.25) is 28.5 Å². The summed E-state index contributed by atoms with van der Waals surface area (Å²) < 4.78 is 24.4. The van der Waals surface area contributed by atoms with Gasteiger partial charge in [-0.15, -0.1) is 0 Å². The molecule has 0 amide bonds. The SMILES string of the molecule is O=C(O)CCP(=O)(O)CN1CCNCCN(CP(=O)(O)CCC(=O)O)CC1. The molecule has 0 aromatic carbocycles. The van der Waals surface area contributed by atoms with Crippen molar-refractivity contribution in [3.8, 4) is 0 Å². The van der Waals surface area contributed by atoms with Gasteiger partial charge in [0, 0.05) is 51.6 Å². The Kier molecular flexibility index (Phi) is 10.1. The second-order valence-electron chi connectivity index (χ2n) is 6.70. The zero-order valence-corrected chi connectivity index (χ0v) is 17.0. The standard InChI is InChI=1S/C14H29N3O8P2/c18-13(19)1-9-26(22,23)11-16-5-3-15-4-6-17(8-7-16)12-27(24,25)10-2-14(20)21/h15H,1-12H2,(H,18,19)(H,20,21)(H,22,23)(H,24,25). The van der Waals surface area contributed by atoms with Crippen LogP contribution in [0.1, 0.15) is 12.8 Å². The molecule has 13 heteroatoms. The summed E-state index contributed by atoms with van der Waals surface area (Å²) >= 11 is 0. The van der Waals surface area contributed by atoms with Crippen LogP contribution in [0, 0.1) is 0 Å². The molecule has 1 saturated heterocycles. The largest absolute Gasteiger partial charge is 0.481 e. The Bertz CT molecular complexity index is 553. The molecule has 11 nitrogen and oxygen atoms in total. The van der Waals surface area contributed by atoms with E-state index in [4.69, 9.17) is 10.2 Å². The zero-order valence-electron chi connectivity index (χ0n) is 15.2. The van der Waals surface area contributed by atoms with Gasteiger partial charge in [-0.1, -0.05) is 0 Å². The first kappa shape index (κ1) is 24.2. The summed E-state index contributed by atoms with van der Waals surface area (Å²) in [6, 6.07) is 0. The number of nitrogens with one attached hydrogen (secondary N) is 1. The molecule has 1 heterocycles. The Morgan fingerprint density at radius 1 is 0.778 bits per heavy atom. The topological polar surface area (TPSA) is 168 Å². The molecule has 0 saturated carbocycles. The molecule has 0 radical (unpaired) electrons. The monoisotopic (exact) mass is 429 g/mol. The minimum absolute atomic E-state index is 0.133. The van der Waals surface area contributed by atoms with Gasteiger partial charge in [0.1, 0.15) is 0 Å². The van der Waals surface area contributed by atoms with Crippen LogP contribution in [0.5, 0.6) is 0 Å². The lowest BCUT2D eigenvalue weighted by Crippen LogP contribution is -2.37. The predicted octanol–water partition coefficient (Wildman–Crippen LogP) is -0.401. The average molecular weight is 429 g/mol. The summed E-state index contributed by atoms with van der Waals surface area (Å²) in [7, 11) is -7.23. The molecule has 1 fully saturated rings. The predicted molar refractivity (Wildman–Crippen MR) is 99.6 cm³/mol. The molecule has 0 spiro atoms. The van der Waals surface area contributed by atoms with Crippen molar-refractivity contribution >= 4 is 26.7 Å². The molecule has 2 atom stereocenters. The van der Waals surface area contributed by atoms with Crippen LogP contribution in [0.25, 0.3) is 0 Å². The second-order valence-corrected chi connectivity index (χ2v) is 11.5. The second kappa shape index (κ2) is 11.3. The third-order valence-electron chi connectivity index (χ3n) is 4.13. The number of carboxylic acids is 2. The van der Waals surface area contributed by atoms with Crippen LogP contribution >= 0.6 is 14.7 Å². The molecule has 1 aliphatic rings. The highest BCUT2D eigenvalue weighted by Gasteiger charge is 2.27. The van der Waals surface area contributed by atoms with Gasteiger partial charge in [-0.2, -0.15) is 0 Å². The van der Waals surface area contributed by atoms with E-state index >= 15 is 0 Å². The fourth-order valence-electron chi connectivity index (χ4n) is 2.70. The molecule has 0 aliphatic carbocycles. The van der Waals surface area contributed by atoms with E-state index in [9.17, 15) is 28.5 Å². The Labute approximate surface area is 158 Å². The van der Waals surface area contributed by atoms with Gasteiger partial charge < -0.3 is 25.3 Å². The van der Waals surface area contributed by atoms with Gasteiger partial charge in [0.2, 0.25) is 14.7 Å². The van der Waals surface area contributed by atoms with Crippen molar-refractivity contribution in [3.63, 3.8) is 0 Å². The summed E-state index contributed by atoms with van der Waals surface area (Å²) in [5.41, 5.74) is 0. The minimum Gasteiger partial charge on any atom is -0.481 e. The Balaban J connectivity index is 2.62. The molecule has 2 unspecified atom stereocenters. The summed E-state index contributed by atoms with van der Waals surface area (Å²) in [4.78, 5) is 44.7. The molecule has 27 heavy (non-hydrogen) atoms. The van der Waals surface area contributed by atoms with Crippen LogP contribution in [0.15, 0.2) is 0 Å². The van der Waals surface area contributed by atoms with Crippen LogP contribution < -0.4 is 5.32 Å². The number of hydrogen-bond acceptors (Lipinski definition) is 7. The molecular weight excluding hydrogens is 400 g/mol. The van der Waals surface area contributed by atoms with E-state index in [2.05, 4.69) is 5.32 Å². The zero-order chi connectivity index (χ0) is 20.5. The first-order chi connectivity index (χ1) is 12.5. The third kappa shape index (κ3) is 11.6. The lowest BCUT2D eigenvalue weighted by Gasteiger charge is -2.28. The van der Waals surface area contributed by atoms with Gasteiger partial charge in [0.25, 0.3) is 0 Å². The molecule has 0 aromatic heterocycles. The maximum Gasteiger partial charge on any atom is 0.303 e. The Morgan fingerprint density at radius 2 is 1.15 bits per heavy atom. The van der Waals surface area contributed by atoms with Gasteiger partial charge in [-0.25, -0.2) is 0 Å². The molecule has 0 aromatic rings. The lowest BCUT2D eigenvalue weighted by atomic mass is 10.5. The highest BCUT2D eigenvalue weighted by atomic mass is 31.2. The van der Waals surface area contributed by atoms with E-state index in [-0.39, 0.29) is 37.7 Å². The van der Waals surface area contributed by atoms with Crippen LogP contribution in [-0.2, 0) is 18.7 Å². The molecule has 0 bridgehead atoms. The maximum absolute atomic E-state index is 12.2. The van der Waals surface area contributed by atoms with Crippen molar-refractivity contribution in [1.29, 1.82) is 0 Å². The van der Waals surface area contributed by atoms with Crippen molar-refractivity contribution in [3.05, 3.63) is 0 Å². The first-order valence-electron chi connectivity index (χ1n) is 8.70. The smallest absolute Gasteiger partial charge is 0.303 e. The molecule has 5 N–H and O–H groups in total. The van der Waals surface area contributed by atoms with Crippen molar-refractivity contribution in [2.24, 2.45) is 0 Å². The van der Waals surface area contributed by atoms with Crippen LogP contribution in [0.3, 0.4) is 0 Å². The van der Waals surface area contributed by atoms with Crippen molar-refractivity contribution in [2.75, 3.05) is 64.2 Å². The van der Waals surface area contributed by atoms with Crippen molar-refractivity contribution < 1.29 is 38.7 Å². The van der Waals surface area contributed by atoms with Crippen LogP contribution in [-0.4, -0.2) is 106 Å². The van der Waals surface area contributed by atoms with E-state index in [1.165, 1.54) is 0 Å². The fourth-order valence-corrected chi connectivity index (χ4v) is 5.88. The van der Waals surface area contributed by atoms with Crippen molar-refractivity contribution in [1.82, 2.24) is 15.1 Å². The average Bonchev–Trinajstić information content (AvgIpc) is 2.64. The minimum atomic E-state index is -3.62. The highest BCUT2D eigenvalue weighted by Crippen LogP contribution is 2.42. The number of carbonyl (C=O) groups is 2. The number of nitrogens with zero attached hydrogens (tertiary/aromatic N) is 2. The van der Waals surface area contributed by atoms with Gasteiger partial charge >= 0.3 is 11.9 Å². The molecule has 1 rings (SSSR count). The third-order valence-corrected chi connectivity index (χ3v) is 7.66. The quantitative estimate of drug-likeness (QED) is 0.287. The van der Waals surface area contributed by atoms with Gasteiger partial charge in [-0.05, 0) is 0 Å². The fraction of sp³-hybridized carbons (Fsp3) is 0.857. The first-order valence-corrected chi connectivity index (χ1v) is 12.8. The number of carboxylic acid groups (broad SMARTS) is 2. The number of aliphatic carboxylic acids is 2. The summed E-state index contributed by atoms with van der Waals surface area (Å²) in [5, 5.41) is 20.5. The van der Waals surface area contributed by atoms with E-state index in [0.717, 1.165) is 0 Å². The Hall–Kier alpha value is -0.800. The normalized spacial score (nSPS) is 22.0. The highest BCUT2D eigenvalue weighted by molar-refractivity contribution is 7.58. The number of rotatable bonds is 10. The van der Waals surface area contributed by atoms with E-state index in [1.807, 2.05) is 0 Å². The van der Waals surface area contributed by atoms with Crippen LogP contribution in [0.4, 0.5) is 0 Å². The van der Waals surface area contributed by atoms with E-state index in [1.54, 1.807) is 9.80 Å². The number of hydrogen-bond donors (Lipinski definition) is 5. The summed E-state index contributed by atoms with van der Waals surface area (Å²) in [6.07, 6.45) is -1.60. The Morgan fingerprint density at radius 3 is 1.48 bits per heavy atom. The molecule has 1 aliphatic heterocycles. The van der Waals surface area contributed by atoms with Gasteiger partial charge in [0.05, 0.1) is 25.4 Å². The van der Waals surface area contributed by atoms with Crippen LogP contribution in [0.2, 0.25) is 0 Å². The van der Waals surface area contributed by atoms with E-state index in [0.29, 0.717) is 39.3 Å². The lowest BCUT2D eigenvalue weighted by molar-refractivity contribution is -0.137. The molecule has 158 valence electrons. The summed E-state index contributed by atoms with van der Waals surface area (Å²) in [5.74, 6) is -2.25. The molecular formula is C14H29N3O8P2. The summed E-state index contributed by atoms with van der Waals surface area (Å²) in [6.45, 7) is 2.92. The van der Waals surface area contributed by atoms with Crippen molar-refractivity contribution in [2.45, 2.75) is 12.8 Å². The van der Waals surface area contributed by atoms with Gasteiger partial charge in [0.15, 0.2) is 0 Å². The van der Waals surface area contributed by atoms with E-state index < -0.39 is 26.7 Å².